The quantitative estimate of drug-likeness (QED) is 0.210. The van der Waals surface area contributed by atoms with E-state index in [-0.39, 0.29) is 12.5 Å². The summed E-state index contributed by atoms with van der Waals surface area (Å²) in [5.41, 5.74) is 4.66. The van der Waals surface area contributed by atoms with E-state index in [2.05, 4.69) is 24.4 Å². The lowest BCUT2D eigenvalue weighted by atomic mass is 9.95. The molecule has 2 aromatic heterocycles. The average Bonchev–Trinajstić information content (AvgIpc) is 3.52. The van der Waals surface area contributed by atoms with Crippen molar-refractivity contribution >= 4 is 63.7 Å². The number of carbonyl (C=O) groups is 1. The minimum absolute atomic E-state index is 0.228. The van der Waals surface area contributed by atoms with Gasteiger partial charge in [0.05, 0.1) is 34.0 Å². The average molecular weight is 601 g/mol. The van der Waals surface area contributed by atoms with E-state index in [0.29, 0.717) is 44.8 Å². The second-order valence-corrected chi connectivity index (χ2v) is 12.1. The number of carbonyl (C=O) groups excluding carboxylic acids is 1. The summed E-state index contributed by atoms with van der Waals surface area (Å²) in [7, 11) is 0. The normalized spacial score (nSPS) is 14.8. The minimum Gasteiger partial charge on any atom is -0.372 e. The molecule has 3 heterocycles. The van der Waals surface area contributed by atoms with Crippen LogP contribution in [0.4, 0.5) is 0 Å². The van der Waals surface area contributed by atoms with Crippen LogP contribution in [-0.4, -0.2) is 28.8 Å². The van der Waals surface area contributed by atoms with E-state index in [1.54, 1.807) is 16.8 Å². The van der Waals surface area contributed by atoms with Crippen molar-refractivity contribution < 1.29 is 9.53 Å². The molecular weight excluding hydrogens is 573 g/mol. The maximum absolute atomic E-state index is 13.6. The molecule has 0 saturated heterocycles. The van der Waals surface area contributed by atoms with Crippen molar-refractivity contribution in [3.8, 4) is 5.69 Å². The van der Waals surface area contributed by atoms with Gasteiger partial charge in [-0.1, -0.05) is 78.5 Å². The van der Waals surface area contributed by atoms with Gasteiger partial charge in [0, 0.05) is 27.6 Å². The highest BCUT2D eigenvalue weighted by atomic mass is 35.5. The summed E-state index contributed by atoms with van der Waals surface area (Å²) in [6, 6.07) is 19.4. The summed E-state index contributed by atoms with van der Waals surface area (Å²) in [6.07, 6.45) is 4.99. The molecule has 2 aromatic carbocycles. The van der Waals surface area contributed by atoms with E-state index in [1.807, 2.05) is 42.5 Å². The van der Waals surface area contributed by atoms with Crippen LogP contribution in [0.25, 0.3) is 17.3 Å². The molecule has 9 heteroatoms. The SMILES string of the molecule is CCCC(CNC(=O)c1nn(-c2ccc(Cl)cc2Cl)c2c1COC/C2=C\c1ccc(Cl)s1)Cc1ccccc1. The molecule has 5 rings (SSSR count). The Labute approximate surface area is 247 Å². The van der Waals surface area contributed by atoms with Crippen molar-refractivity contribution in [2.75, 3.05) is 13.2 Å². The number of nitrogens with zero attached hydrogens (tertiary/aromatic N) is 2. The molecule has 1 N–H and O–H groups in total. The lowest BCUT2D eigenvalue weighted by Crippen LogP contribution is -2.31. The lowest BCUT2D eigenvalue weighted by Gasteiger charge is -2.19. The van der Waals surface area contributed by atoms with Crippen LogP contribution >= 0.6 is 46.1 Å². The summed E-state index contributed by atoms with van der Waals surface area (Å²) in [5.74, 6) is 0.0912. The zero-order chi connectivity index (χ0) is 27.4. The summed E-state index contributed by atoms with van der Waals surface area (Å²) < 4.78 is 8.37. The summed E-state index contributed by atoms with van der Waals surface area (Å²) in [5, 5.41) is 8.91. The maximum atomic E-state index is 13.6. The van der Waals surface area contributed by atoms with E-state index in [4.69, 9.17) is 44.6 Å². The van der Waals surface area contributed by atoms with Crippen molar-refractivity contribution in [1.29, 1.82) is 0 Å². The fraction of sp³-hybridized carbons (Fsp3) is 0.267. The van der Waals surface area contributed by atoms with Crippen LogP contribution in [-0.2, 0) is 17.8 Å². The molecule has 0 saturated carbocycles. The van der Waals surface area contributed by atoms with Gasteiger partial charge in [0.25, 0.3) is 5.91 Å². The van der Waals surface area contributed by atoms with Crippen LogP contribution in [0.5, 0.6) is 0 Å². The monoisotopic (exact) mass is 599 g/mol. The number of ether oxygens (including phenoxy) is 1. The van der Waals surface area contributed by atoms with Gasteiger partial charge >= 0.3 is 0 Å². The van der Waals surface area contributed by atoms with Crippen LogP contribution < -0.4 is 5.32 Å². The second kappa shape index (κ2) is 12.7. The number of aromatic nitrogens is 2. The first-order chi connectivity index (χ1) is 18.9. The molecule has 0 bridgehead atoms. The molecule has 0 spiro atoms. The van der Waals surface area contributed by atoms with Gasteiger partial charge in [-0.15, -0.1) is 11.3 Å². The van der Waals surface area contributed by atoms with Gasteiger partial charge in [0.2, 0.25) is 0 Å². The Morgan fingerprint density at radius 1 is 1.13 bits per heavy atom. The van der Waals surface area contributed by atoms with Crippen molar-refractivity contribution in [3.63, 3.8) is 0 Å². The number of fused-ring (bicyclic) bond motifs is 1. The Morgan fingerprint density at radius 3 is 2.67 bits per heavy atom. The smallest absolute Gasteiger partial charge is 0.272 e. The van der Waals surface area contributed by atoms with E-state index in [1.165, 1.54) is 16.9 Å². The van der Waals surface area contributed by atoms with Crippen LogP contribution in [0.3, 0.4) is 0 Å². The molecule has 1 atom stereocenters. The molecule has 1 unspecified atom stereocenters. The third-order valence-electron chi connectivity index (χ3n) is 6.67. The van der Waals surface area contributed by atoms with Gasteiger partial charge in [-0.05, 0) is 60.7 Å². The zero-order valence-corrected chi connectivity index (χ0v) is 24.5. The molecule has 202 valence electrons. The molecule has 1 amide bonds. The summed E-state index contributed by atoms with van der Waals surface area (Å²) in [6.45, 7) is 3.37. The minimum atomic E-state index is -0.228. The van der Waals surface area contributed by atoms with Crippen LogP contribution in [0.2, 0.25) is 14.4 Å². The summed E-state index contributed by atoms with van der Waals surface area (Å²) in [4.78, 5) is 14.6. The lowest BCUT2D eigenvalue weighted by molar-refractivity contribution is 0.0933. The maximum Gasteiger partial charge on any atom is 0.272 e. The van der Waals surface area contributed by atoms with Gasteiger partial charge < -0.3 is 10.1 Å². The molecule has 0 fully saturated rings. The third kappa shape index (κ3) is 6.59. The van der Waals surface area contributed by atoms with Crippen LogP contribution in [0, 0.1) is 5.92 Å². The fourth-order valence-electron chi connectivity index (χ4n) is 4.90. The first kappa shape index (κ1) is 27.9. The van der Waals surface area contributed by atoms with Crippen LogP contribution in [0.1, 0.15) is 52.0 Å². The number of benzene rings is 2. The highest BCUT2D eigenvalue weighted by Gasteiger charge is 2.30. The van der Waals surface area contributed by atoms with Crippen molar-refractivity contribution in [1.82, 2.24) is 15.1 Å². The Hall–Kier alpha value is -2.61. The summed E-state index contributed by atoms with van der Waals surface area (Å²) >= 11 is 20.4. The molecule has 0 aliphatic carbocycles. The first-order valence-corrected chi connectivity index (χ1v) is 14.8. The number of hydrogen-bond acceptors (Lipinski definition) is 4. The van der Waals surface area contributed by atoms with Crippen LogP contribution in [0.15, 0.2) is 60.7 Å². The van der Waals surface area contributed by atoms with E-state index in [9.17, 15) is 4.79 Å². The largest absolute Gasteiger partial charge is 0.372 e. The molecule has 1 aliphatic heterocycles. The van der Waals surface area contributed by atoms with Gasteiger partial charge in [-0.25, -0.2) is 4.68 Å². The molecule has 0 radical (unpaired) electrons. The van der Waals surface area contributed by atoms with Crippen molar-refractivity contribution in [3.05, 3.63) is 102 Å². The Bertz CT molecular complexity index is 1500. The second-order valence-electron chi connectivity index (χ2n) is 9.54. The Kier molecular flexibility index (Phi) is 9.10. The predicted octanol–water partition coefficient (Wildman–Crippen LogP) is 8.35. The fourth-order valence-corrected chi connectivity index (χ4v) is 6.42. The van der Waals surface area contributed by atoms with Gasteiger partial charge in [-0.2, -0.15) is 5.10 Å². The number of rotatable bonds is 9. The van der Waals surface area contributed by atoms with Gasteiger partial charge in [-0.3, -0.25) is 4.79 Å². The molecular formula is C30H28Cl3N3O2S. The zero-order valence-electron chi connectivity index (χ0n) is 21.4. The number of amides is 1. The number of thiophene rings is 1. The highest BCUT2D eigenvalue weighted by molar-refractivity contribution is 7.17. The van der Waals surface area contributed by atoms with E-state index in [0.717, 1.165) is 41.0 Å². The van der Waals surface area contributed by atoms with Gasteiger partial charge in [0.1, 0.15) is 0 Å². The predicted molar refractivity (Wildman–Crippen MR) is 161 cm³/mol. The Morgan fingerprint density at radius 2 is 1.95 bits per heavy atom. The highest BCUT2D eigenvalue weighted by Crippen LogP contribution is 2.36. The van der Waals surface area contributed by atoms with E-state index < -0.39 is 0 Å². The standard InChI is InChI=1S/C30H28Cl3N3O2S/c1-2-6-20(13-19-7-4-3-5-8-19)16-34-30(37)28-24-18-38-17-21(14-23-10-12-27(33)39-23)29(24)36(35-28)26-11-9-22(31)15-25(26)32/h3-5,7-12,14-15,20H,2,6,13,16-18H2,1H3,(H,34,37)/b21-14+. The Balaban J connectivity index is 1.49. The molecule has 1 aliphatic rings. The topological polar surface area (TPSA) is 56.2 Å². The molecule has 5 nitrogen and oxygen atoms in total. The number of nitrogens with one attached hydrogen (secondary N) is 1. The van der Waals surface area contributed by atoms with Crippen molar-refractivity contribution in [2.45, 2.75) is 32.8 Å². The first-order valence-electron chi connectivity index (χ1n) is 12.9. The molecule has 4 aromatic rings. The number of hydrogen-bond donors (Lipinski definition) is 1. The van der Waals surface area contributed by atoms with Gasteiger partial charge in [0.15, 0.2) is 5.69 Å². The molecule has 39 heavy (non-hydrogen) atoms. The van der Waals surface area contributed by atoms with Crippen molar-refractivity contribution in [2.24, 2.45) is 5.92 Å². The third-order valence-corrected chi connectivity index (χ3v) is 8.39. The van der Waals surface area contributed by atoms with E-state index >= 15 is 0 Å². The number of halogens is 3.